The minimum Gasteiger partial charge on any atom is -0.444 e. The van der Waals surface area contributed by atoms with Crippen molar-refractivity contribution < 1.29 is 14.6 Å². The van der Waals surface area contributed by atoms with Crippen molar-refractivity contribution in [1.82, 2.24) is 10.2 Å². The van der Waals surface area contributed by atoms with Crippen LogP contribution in [0.5, 0.6) is 0 Å². The third kappa shape index (κ3) is 5.37. The normalized spacial score (nSPS) is 25.9. The third-order valence-corrected chi connectivity index (χ3v) is 2.78. The van der Waals surface area contributed by atoms with Crippen molar-refractivity contribution >= 4 is 6.09 Å². The van der Waals surface area contributed by atoms with Crippen LogP contribution in [0.4, 0.5) is 4.79 Å². The fraction of sp³-hybridized carbons (Fsp3) is 0.917. The zero-order valence-electron chi connectivity index (χ0n) is 11.2. The molecule has 0 aromatic rings. The minimum absolute atomic E-state index is 0.424. The summed E-state index contributed by atoms with van der Waals surface area (Å²) < 4.78 is 5.11. The lowest BCUT2D eigenvalue weighted by Crippen LogP contribution is -2.38. The van der Waals surface area contributed by atoms with Crippen LogP contribution < -0.4 is 5.32 Å². The maximum absolute atomic E-state index is 11.4. The summed E-state index contributed by atoms with van der Waals surface area (Å²) in [6.45, 7) is 7.50. The number of likely N-dealkylation sites (N-methyl/N-ethyl adjacent to an activating group) is 1. The summed E-state index contributed by atoms with van der Waals surface area (Å²) in [5, 5.41) is 12.8. The molecule has 1 unspecified atom stereocenters. The zero-order chi connectivity index (χ0) is 13.1. The number of likely N-dealkylation sites (tertiary alicyclic amines) is 1. The standard InChI is InChI=1S/C12H24N2O3/c1-11(2,3)17-10(15)13-7-5-12(16)6-8-14(4)9-12/h16H,5-9H2,1-4H3,(H,13,15). The molecule has 0 aromatic carbocycles. The van der Waals surface area contributed by atoms with Crippen molar-refractivity contribution in [2.75, 3.05) is 26.7 Å². The number of ether oxygens (including phenoxy) is 1. The van der Waals surface area contributed by atoms with E-state index in [1.54, 1.807) is 0 Å². The Morgan fingerprint density at radius 2 is 2.18 bits per heavy atom. The molecule has 0 spiro atoms. The number of β-amino-alcohol motifs (C(OH)–C–C–N with tert-alkyl or cyclic N) is 1. The number of hydrogen-bond donors (Lipinski definition) is 2. The smallest absolute Gasteiger partial charge is 0.407 e. The van der Waals surface area contributed by atoms with E-state index in [0.29, 0.717) is 19.5 Å². The Kier molecular flexibility index (Phi) is 4.38. The number of nitrogens with one attached hydrogen (secondary N) is 1. The van der Waals surface area contributed by atoms with Gasteiger partial charge in [0.25, 0.3) is 0 Å². The molecule has 1 atom stereocenters. The Morgan fingerprint density at radius 1 is 1.53 bits per heavy atom. The van der Waals surface area contributed by atoms with Gasteiger partial charge >= 0.3 is 6.09 Å². The van der Waals surface area contributed by atoms with Gasteiger partial charge in [-0.1, -0.05) is 0 Å². The van der Waals surface area contributed by atoms with Gasteiger partial charge in [-0.05, 0) is 40.7 Å². The van der Waals surface area contributed by atoms with E-state index in [9.17, 15) is 9.90 Å². The predicted molar refractivity (Wildman–Crippen MR) is 65.9 cm³/mol. The maximum Gasteiger partial charge on any atom is 0.407 e. The van der Waals surface area contributed by atoms with Crippen molar-refractivity contribution in [3.63, 3.8) is 0 Å². The van der Waals surface area contributed by atoms with Crippen LogP contribution in [-0.2, 0) is 4.74 Å². The van der Waals surface area contributed by atoms with Gasteiger partial charge in [-0.15, -0.1) is 0 Å². The number of carbonyl (C=O) groups is 1. The lowest BCUT2D eigenvalue weighted by molar-refractivity contribution is 0.0366. The monoisotopic (exact) mass is 244 g/mol. The van der Waals surface area contributed by atoms with Gasteiger partial charge in [0.05, 0.1) is 5.60 Å². The zero-order valence-corrected chi connectivity index (χ0v) is 11.2. The molecule has 5 heteroatoms. The number of nitrogens with zero attached hydrogens (tertiary/aromatic N) is 1. The van der Waals surface area contributed by atoms with Crippen molar-refractivity contribution in [3.8, 4) is 0 Å². The van der Waals surface area contributed by atoms with Crippen molar-refractivity contribution in [1.29, 1.82) is 0 Å². The lowest BCUT2D eigenvalue weighted by Gasteiger charge is -2.23. The molecule has 100 valence electrons. The Morgan fingerprint density at radius 3 is 2.65 bits per heavy atom. The van der Waals surface area contributed by atoms with Gasteiger partial charge < -0.3 is 20.1 Å². The van der Waals surface area contributed by atoms with Crippen LogP contribution >= 0.6 is 0 Å². The molecule has 1 heterocycles. The van der Waals surface area contributed by atoms with Gasteiger partial charge in [0.15, 0.2) is 0 Å². The fourth-order valence-corrected chi connectivity index (χ4v) is 1.97. The van der Waals surface area contributed by atoms with Crippen LogP contribution in [0, 0.1) is 0 Å². The minimum atomic E-state index is -0.663. The van der Waals surface area contributed by atoms with Crippen molar-refractivity contribution in [2.24, 2.45) is 0 Å². The van der Waals surface area contributed by atoms with Crippen LogP contribution in [-0.4, -0.2) is 54.0 Å². The van der Waals surface area contributed by atoms with Gasteiger partial charge in [-0.3, -0.25) is 0 Å². The molecule has 5 nitrogen and oxygen atoms in total. The average molecular weight is 244 g/mol. The van der Waals surface area contributed by atoms with E-state index in [4.69, 9.17) is 4.74 Å². The number of hydrogen-bond acceptors (Lipinski definition) is 4. The molecule has 0 bridgehead atoms. The van der Waals surface area contributed by atoms with Crippen LogP contribution in [0.1, 0.15) is 33.6 Å². The summed E-state index contributed by atoms with van der Waals surface area (Å²) in [5.41, 5.74) is -1.14. The molecule has 2 N–H and O–H groups in total. The maximum atomic E-state index is 11.4. The summed E-state index contributed by atoms with van der Waals surface area (Å²) in [6.07, 6.45) is 0.906. The van der Waals surface area contributed by atoms with Crippen LogP contribution in [0.3, 0.4) is 0 Å². The number of alkyl carbamates (subject to hydrolysis) is 1. The molecule has 1 saturated heterocycles. The van der Waals surface area contributed by atoms with Crippen molar-refractivity contribution in [3.05, 3.63) is 0 Å². The van der Waals surface area contributed by atoms with E-state index in [0.717, 1.165) is 13.0 Å². The SMILES string of the molecule is CN1CCC(O)(CCNC(=O)OC(C)(C)C)C1. The predicted octanol–water partition coefficient (Wildman–Crippen LogP) is 0.968. The molecule has 0 aliphatic carbocycles. The highest BCUT2D eigenvalue weighted by molar-refractivity contribution is 5.67. The summed E-state index contributed by atoms with van der Waals surface area (Å²) >= 11 is 0. The summed E-state index contributed by atoms with van der Waals surface area (Å²) in [5.74, 6) is 0. The van der Waals surface area contributed by atoms with Gasteiger partial charge in [-0.2, -0.15) is 0 Å². The fourth-order valence-electron chi connectivity index (χ4n) is 1.97. The first-order valence-corrected chi connectivity index (χ1v) is 6.08. The van der Waals surface area contributed by atoms with E-state index < -0.39 is 17.3 Å². The second-order valence-corrected chi connectivity index (χ2v) is 5.89. The molecule has 1 aliphatic rings. The second-order valence-electron chi connectivity index (χ2n) is 5.89. The van der Waals surface area contributed by atoms with Crippen LogP contribution in [0.2, 0.25) is 0 Å². The molecule has 1 fully saturated rings. The number of carbonyl (C=O) groups excluding carboxylic acids is 1. The van der Waals surface area contributed by atoms with Gasteiger partial charge in [0.1, 0.15) is 5.60 Å². The summed E-state index contributed by atoms with van der Waals surface area (Å²) in [6, 6.07) is 0. The van der Waals surface area contributed by atoms with Crippen molar-refractivity contribution in [2.45, 2.75) is 44.8 Å². The quantitative estimate of drug-likeness (QED) is 0.776. The first-order valence-electron chi connectivity index (χ1n) is 6.08. The van der Waals surface area contributed by atoms with E-state index in [-0.39, 0.29) is 0 Å². The van der Waals surface area contributed by atoms with Gasteiger partial charge in [0.2, 0.25) is 0 Å². The summed E-state index contributed by atoms with van der Waals surface area (Å²) in [4.78, 5) is 13.5. The first kappa shape index (κ1) is 14.3. The number of aliphatic hydroxyl groups is 1. The van der Waals surface area contributed by atoms with E-state index in [1.807, 2.05) is 27.8 Å². The third-order valence-electron chi connectivity index (χ3n) is 2.78. The highest BCUT2D eigenvalue weighted by Crippen LogP contribution is 2.22. The van der Waals surface area contributed by atoms with E-state index in [1.165, 1.54) is 0 Å². The molecular formula is C12H24N2O3. The van der Waals surface area contributed by atoms with Crippen LogP contribution in [0.25, 0.3) is 0 Å². The molecule has 0 saturated carbocycles. The van der Waals surface area contributed by atoms with Crippen LogP contribution in [0.15, 0.2) is 0 Å². The topological polar surface area (TPSA) is 61.8 Å². The molecule has 0 aromatic heterocycles. The first-order chi connectivity index (χ1) is 7.70. The molecule has 1 amide bonds. The highest BCUT2D eigenvalue weighted by atomic mass is 16.6. The second kappa shape index (κ2) is 5.23. The molecule has 17 heavy (non-hydrogen) atoms. The Balaban J connectivity index is 2.22. The molecular weight excluding hydrogens is 220 g/mol. The Labute approximate surface area is 103 Å². The highest BCUT2D eigenvalue weighted by Gasteiger charge is 2.33. The summed E-state index contributed by atoms with van der Waals surface area (Å²) in [7, 11) is 1.99. The molecule has 1 aliphatic heterocycles. The lowest BCUT2D eigenvalue weighted by atomic mass is 9.99. The molecule has 1 rings (SSSR count). The Bertz CT molecular complexity index is 275. The number of amides is 1. The van der Waals surface area contributed by atoms with E-state index >= 15 is 0 Å². The number of rotatable bonds is 3. The average Bonchev–Trinajstić information content (AvgIpc) is 2.43. The largest absolute Gasteiger partial charge is 0.444 e. The molecule has 0 radical (unpaired) electrons. The van der Waals surface area contributed by atoms with E-state index in [2.05, 4.69) is 10.2 Å². The Hall–Kier alpha value is -0.810. The van der Waals surface area contributed by atoms with Gasteiger partial charge in [0, 0.05) is 19.6 Å². The van der Waals surface area contributed by atoms with Gasteiger partial charge in [-0.25, -0.2) is 4.79 Å².